The van der Waals surface area contributed by atoms with Gasteiger partial charge >= 0.3 is 6.18 Å². The molecule has 0 aliphatic carbocycles. The molecular weight excluding hydrogens is 426 g/mol. The molecule has 0 N–H and O–H groups in total. The van der Waals surface area contributed by atoms with Crippen LogP contribution in [0.25, 0.3) is 11.1 Å². The fourth-order valence-corrected chi connectivity index (χ4v) is 3.16. The van der Waals surface area contributed by atoms with Crippen LogP contribution in [0.2, 0.25) is 0 Å². The van der Waals surface area contributed by atoms with Crippen LogP contribution >= 0.6 is 0 Å². The second-order valence-corrected chi connectivity index (χ2v) is 6.71. The molecule has 3 aromatic rings. The zero-order valence-corrected chi connectivity index (χ0v) is 16.9. The Morgan fingerprint density at radius 3 is 2.34 bits per heavy atom. The maximum Gasteiger partial charge on any atom is 0.417 e. The van der Waals surface area contributed by atoms with E-state index < -0.39 is 34.5 Å². The van der Waals surface area contributed by atoms with E-state index in [2.05, 4.69) is 0 Å². The average Bonchev–Trinajstić information content (AvgIpc) is 2.79. The minimum atomic E-state index is -4.85. The van der Waals surface area contributed by atoms with Crippen LogP contribution in [0.5, 0.6) is 5.75 Å². The van der Waals surface area contributed by atoms with E-state index in [1.807, 2.05) is 0 Å². The molecule has 0 aliphatic rings. The summed E-state index contributed by atoms with van der Waals surface area (Å²) >= 11 is 0. The van der Waals surface area contributed by atoms with Gasteiger partial charge in [-0.15, -0.1) is 0 Å². The van der Waals surface area contributed by atoms with E-state index >= 15 is 4.39 Å². The number of carbonyl (C=O) groups excluding carboxylic acids is 1. The van der Waals surface area contributed by atoms with Crippen molar-refractivity contribution in [1.82, 2.24) is 0 Å². The van der Waals surface area contributed by atoms with E-state index in [1.165, 1.54) is 31.4 Å². The maximum atomic E-state index is 15.3. The molecule has 0 aliphatic heterocycles. The monoisotopic (exact) mass is 443 g/mol. The molecular formula is C24H17F4NO3. The third-order valence-corrected chi connectivity index (χ3v) is 4.66. The SMILES string of the molecule is COCCOc1ccc(C#N)c(-c2cc(C(=O)c3ccccc3)ccc2C(F)(F)F)c1F. The first-order valence-corrected chi connectivity index (χ1v) is 9.43. The first-order valence-electron chi connectivity index (χ1n) is 9.43. The Hall–Kier alpha value is -3.70. The molecule has 0 fully saturated rings. The van der Waals surface area contributed by atoms with Crippen LogP contribution in [0.15, 0.2) is 60.7 Å². The molecule has 0 unspecified atom stereocenters. The number of hydrogen-bond acceptors (Lipinski definition) is 4. The molecule has 3 rings (SSSR count). The lowest BCUT2D eigenvalue weighted by molar-refractivity contribution is -0.137. The third kappa shape index (κ3) is 4.79. The van der Waals surface area contributed by atoms with Crippen LogP contribution in [0.4, 0.5) is 17.6 Å². The molecule has 0 saturated carbocycles. The number of alkyl halides is 3. The Balaban J connectivity index is 2.22. The van der Waals surface area contributed by atoms with Gasteiger partial charge in [-0.2, -0.15) is 18.4 Å². The lowest BCUT2D eigenvalue weighted by Crippen LogP contribution is -2.11. The van der Waals surface area contributed by atoms with Crippen molar-refractivity contribution in [2.75, 3.05) is 20.3 Å². The summed E-state index contributed by atoms with van der Waals surface area (Å²) in [6, 6.07) is 14.7. The highest BCUT2D eigenvalue weighted by atomic mass is 19.4. The van der Waals surface area contributed by atoms with Gasteiger partial charge in [0.05, 0.1) is 23.8 Å². The Morgan fingerprint density at radius 2 is 1.72 bits per heavy atom. The molecule has 0 atom stereocenters. The summed E-state index contributed by atoms with van der Waals surface area (Å²) < 4.78 is 66.7. The Bertz CT molecular complexity index is 1170. The van der Waals surface area contributed by atoms with Crippen LogP contribution < -0.4 is 4.74 Å². The van der Waals surface area contributed by atoms with Gasteiger partial charge in [0.1, 0.15) is 6.61 Å². The number of benzene rings is 3. The number of methoxy groups -OCH3 is 1. The summed E-state index contributed by atoms with van der Waals surface area (Å²) in [4.78, 5) is 12.8. The number of carbonyl (C=O) groups is 1. The van der Waals surface area contributed by atoms with Crippen LogP contribution in [-0.2, 0) is 10.9 Å². The van der Waals surface area contributed by atoms with Crippen LogP contribution in [-0.4, -0.2) is 26.1 Å². The minimum absolute atomic E-state index is 0.0442. The summed E-state index contributed by atoms with van der Waals surface area (Å²) in [6.07, 6.45) is -4.85. The Labute approximate surface area is 181 Å². The number of ketones is 1. The number of nitriles is 1. The fraction of sp³-hybridized carbons (Fsp3) is 0.167. The van der Waals surface area contributed by atoms with Gasteiger partial charge in [-0.05, 0) is 29.8 Å². The van der Waals surface area contributed by atoms with Crippen molar-refractivity contribution in [2.24, 2.45) is 0 Å². The Morgan fingerprint density at radius 1 is 1.00 bits per heavy atom. The largest absolute Gasteiger partial charge is 0.488 e. The van der Waals surface area contributed by atoms with E-state index in [0.29, 0.717) is 6.07 Å². The van der Waals surface area contributed by atoms with Crippen molar-refractivity contribution in [3.63, 3.8) is 0 Å². The lowest BCUT2D eigenvalue weighted by Gasteiger charge is -2.17. The first-order chi connectivity index (χ1) is 15.3. The standard InChI is InChI=1S/C24H17F4NO3/c1-31-11-12-32-20-10-8-17(14-29)21(22(20)25)18-13-16(7-9-19(18)24(26,27)28)23(30)15-5-3-2-4-6-15/h2-10,13H,11-12H2,1H3. The van der Waals surface area contributed by atoms with Crippen molar-refractivity contribution in [3.05, 3.63) is 88.7 Å². The van der Waals surface area contributed by atoms with Gasteiger partial charge in [-0.1, -0.05) is 36.4 Å². The summed E-state index contributed by atoms with van der Waals surface area (Å²) in [5.41, 5.74) is -2.52. The fourth-order valence-electron chi connectivity index (χ4n) is 3.16. The van der Waals surface area contributed by atoms with Gasteiger partial charge in [-0.25, -0.2) is 4.39 Å². The molecule has 0 saturated heterocycles. The van der Waals surface area contributed by atoms with Gasteiger partial charge in [0.2, 0.25) is 0 Å². The predicted molar refractivity (Wildman–Crippen MR) is 109 cm³/mol. The number of rotatable bonds is 7. The van der Waals surface area contributed by atoms with Crippen LogP contribution in [0.3, 0.4) is 0 Å². The van der Waals surface area contributed by atoms with E-state index in [4.69, 9.17) is 9.47 Å². The number of ether oxygens (including phenoxy) is 2. The maximum absolute atomic E-state index is 15.3. The zero-order chi connectivity index (χ0) is 23.3. The molecule has 32 heavy (non-hydrogen) atoms. The van der Waals surface area contributed by atoms with Crippen molar-refractivity contribution in [3.8, 4) is 22.9 Å². The molecule has 0 amide bonds. The van der Waals surface area contributed by atoms with Gasteiger partial charge in [-0.3, -0.25) is 4.79 Å². The van der Waals surface area contributed by atoms with Gasteiger partial charge in [0.25, 0.3) is 0 Å². The van der Waals surface area contributed by atoms with E-state index in [9.17, 15) is 23.2 Å². The summed E-state index contributed by atoms with van der Waals surface area (Å²) in [5.74, 6) is -1.99. The van der Waals surface area contributed by atoms with Crippen molar-refractivity contribution >= 4 is 5.78 Å². The van der Waals surface area contributed by atoms with Crippen LogP contribution in [0.1, 0.15) is 27.0 Å². The molecule has 4 nitrogen and oxygen atoms in total. The molecule has 0 bridgehead atoms. The number of hydrogen-bond donors (Lipinski definition) is 0. The van der Waals surface area contributed by atoms with Gasteiger partial charge < -0.3 is 9.47 Å². The molecule has 3 aromatic carbocycles. The third-order valence-electron chi connectivity index (χ3n) is 4.66. The number of nitrogens with zero attached hydrogens (tertiary/aromatic N) is 1. The lowest BCUT2D eigenvalue weighted by atomic mass is 9.91. The van der Waals surface area contributed by atoms with E-state index in [1.54, 1.807) is 24.3 Å². The highest BCUT2D eigenvalue weighted by Crippen LogP contribution is 2.41. The summed E-state index contributed by atoms with van der Waals surface area (Å²) in [6.45, 7) is 0.0844. The highest BCUT2D eigenvalue weighted by molar-refractivity contribution is 6.09. The van der Waals surface area contributed by atoms with E-state index in [0.717, 1.165) is 12.1 Å². The smallest absolute Gasteiger partial charge is 0.417 e. The van der Waals surface area contributed by atoms with Gasteiger partial charge in [0.15, 0.2) is 17.3 Å². The second-order valence-electron chi connectivity index (χ2n) is 6.71. The normalized spacial score (nSPS) is 11.1. The van der Waals surface area contributed by atoms with Crippen LogP contribution in [0, 0.1) is 17.1 Å². The number of halogens is 4. The molecule has 0 radical (unpaired) electrons. The first kappa shape index (κ1) is 23.0. The van der Waals surface area contributed by atoms with E-state index in [-0.39, 0.29) is 35.7 Å². The second kappa shape index (κ2) is 9.62. The molecule has 8 heteroatoms. The predicted octanol–water partition coefficient (Wildman–Crippen LogP) is 5.64. The molecule has 164 valence electrons. The van der Waals surface area contributed by atoms with Crippen molar-refractivity contribution < 1.29 is 31.8 Å². The zero-order valence-electron chi connectivity index (χ0n) is 16.9. The quantitative estimate of drug-likeness (QED) is 0.269. The topological polar surface area (TPSA) is 59.3 Å². The minimum Gasteiger partial charge on any atom is -0.488 e. The Kier molecular flexibility index (Phi) is 6.91. The molecule has 0 heterocycles. The summed E-state index contributed by atoms with van der Waals surface area (Å²) in [5, 5.41) is 9.43. The van der Waals surface area contributed by atoms with Gasteiger partial charge in [0, 0.05) is 23.8 Å². The molecule has 0 spiro atoms. The highest BCUT2D eigenvalue weighted by Gasteiger charge is 2.36. The average molecular weight is 443 g/mol. The van der Waals surface area contributed by atoms with Crippen molar-refractivity contribution in [2.45, 2.75) is 6.18 Å². The molecule has 0 aromatic heterocycles. The van der Waals surface area contributed by atoms with Crippen molar-refractivity contribution in [1.29, 1.82) is 5.26 Å². The summed E-state index contributed by atoms with van der Waals surface area (Å²) in [7, 11) is 1.41.